The van der Waals surface area contributed by atoms with Crippen molar-refractivity contribution in [3.05, 3.63) is 58.1 Å². The zero-order valence-electron chi connectivity index (χ0n) is 14.9. The first-order chi connectivity index (χ1) is 12.7. The maximum absolute atomic E-state index is 12.6. The van der Waals surface area contributed by atoms with E-state index < -0.39 is 0 Å². The first kappa shape index (κ1) is 17.6. The number of hydrogen-bond donors (Lipinski definition) is 1. The lowest BCUT2D eigenvalue weighted by atomic mass is 9.95. The molecule has 0 aromatic heterocycles. The molecule has 136 valence electrons. The lowest BCUT2D eigenvalue weighted by Gasteiger charge is -2.14. The summed E-state index contributed by atoms with van der Waals surface area (Å²) < 4.78 is 5.33. The lowest BCUT2D eigenvalue weighted by Crippen LogP contribution is -2.34. The monoisotopic (exact) mass is 369 g/mol. The summed E-state index contributed by atoms with van der Waals surface area (Å²) in [6.07, 6.45) is 6.98. The van der Waals surface area contributed by atoms with Crippen molar-refractivity contribution in [2.45, 2.75) is 44.6 Å². The molecule has 1 saturated heterocycles. The maximum Gasteiger partial charge on any atom is 0.251 e. The molecule has 0 bridgehead atoms. The number of aryl methyl sites for hydroxylation is 2. The highest BCUT2D eigenvalue weighted by molar-refractivity contribution is 6.33. The van der Waals surface area contributed by atoms with Crippen LogP contribution in [0.5, 0.6) is 0 Å². The van der Waals surface area contributed by atoms with Crippen LogP contribution in [0.4, 0.5) is 0 Å². The lowest BCUT2D eigenvalue weighted by molar-refractivity contribution is 0.0930. The van der Waals surface area contributed by atoms with Crippen LogP contribution in [0, 0.1) is 0 Å². The zero-order chi connectivity index (χ0) is 17.9. The predicted molar refractivity (Wildman–Crippen MR) is 105 cm³/mol. The second kappa shape index (κ2) is 7.81. The fraction of sp³-hybridized carbons (Fsp3) is 0.409. The van der Waals surface area contributed by atoms with Gasteiger partial charge < -0.3 is 10.1 Å². The molecular weight excluding hydrogens is 346 g/mol. The first-order valence-corrected chi connectivity index (χ1v) is 9.89. The number of benzene rings is 2. The van der Waals surface area contributed by atoms with Crippen molar-refractivity contribution in [3.8, 4) is 11.1 Å². The predicted octanol–water partition coefficient (Wildman–Crippen LogP) is 4.79. The Labute approximate surface area is 159 Å². The van der Waals surface area contributed by atoms with Crippen LogP contribution in [-0.2, 0) is 17.6 Å². The highest BCUT2D eigenvalue weighted by Crippen LogP contribution is 2.32. The van der Waals surface area contributed by atoms with Gasteiger partial charge in [0.15, 0.2) is 0 Å². The molecule has 2 aromatic carbocycles. The van der Waals surface area contributed by atoms with E-state index >= 15 is 0 Å². The van der Waals surface area contributed by atoms with Crippen LogP contribution in [-0.4, -0.2) is 25.2 Å². The number of nitrogens with one attached hydrogen (secondary N) is 1. The fourth-order valence-electron chi connectivity index (χ4n) is 3.88. The quantitative estimate of drug-likeness (QED) is 0.789. The van der Waals surface area contributed by atoms with Crippen molar-refractivity contribution in [1.29, 1.82) is 0 Å². The smallest absolute Gasteiger partial charge is 0.251 e. The highest BCUT2D eigenvalue weighted by atomic mass is 35.5. The van der Waals surface area contributed by atoms with E-state index in [-0.39, 0.29) is 11.9 Å². The standard InChI is InChI=1S/C22H24ClNO2/c23-21-9-8-18(22(25)24-19-10-11-26-14-19)13-20(21)17-7-6-15-4-2-1-3-5-16(15)12-17/h6-9,12-13,19H,1-5,10-11,14H2,(H,24,25). The Kier molecular flexibility index (Phi) is 5.28. The van der Waals surface area contributed by atoms with Crippen LogP contribution in [0.15, 0.2) is 36.4 Å². The van der Waals surface area contributed by atoms with E-state index in [2.05, 4.69) is 23.5 Å². The SMILES string of the molecule is O=C(NC1CCOC1)c1ccc(Cl)c(-c2ccc3c(c2)CCCCC3)c1. The van der Waals surface area contributed by atoms with Gasteiger partial charge in [-0.1, -0.05) is 36.2 Å². The first-order valence-electron chi connectivity index (χ1n) is 9.51. The Hall–Kier alpha value is -1.84. The van der Waals surface area contributed by atoms with Gasteiger partial charge in [-0.2, -0.15) is 0 Å². The topological polar surface area (TPSA) is 38.3 Å². The minimum absolute atomic E-state index is 0.0619. The van der Waals surface area contributed by atoms with Gasteiger partial charge in [0, 0.05) is 22.8 Å². The largest absolute Gasteiger partial charge is 0.379 e. The Morgan fingerprint density at radius 3 is 2.69 bits per heavy atom. The number of fused-ring (bicyclic) bond motifs is 1. The average Bonchev–Trinajstić information content (AvgIpc) is 3.04. The van der Waals surface area contributed by atoms with Crippen molar-refractivity contribution in [1.82, 2.24) is 5.32 Å². The molecule has 1 unspecified atom stereocenters. The van der Waals surface area contributed by atoms with Gasteiger partial charge in [-0.05, 0) is 67.0 Å². The fourth-order valence-corrected chi connectivity index (χ4v) is 4.11. The number of hydrogen-bond acceptors (Lipinski definition) is 2. The molecule has 1 amide bonds. The number of carbonyl (C=O) groups is 1. The number of rotatable bonds is 3. The molecule has 1 fully saturated rings. The third-order valence-corrected chi connectivity index (χ3v) is 5.73. The molecule has 1 atom stereocenters. The number of ether oxygens (including phenoxy) is 1. The summed E-state index contributed by atoms with van der Waals surface area (Å²) in [7, 11) is 0. The van der Waals surface area contributed by atoms with Crippen LogP contribution in [0.3, 0.4) is 0 Å². The van der Waals surface area contributed by atoms with E-state index in [0.29, 0.717) is 23.8 Å². The van der Waals surface area contributed by atoms with Gasteiger partial charge in [-0.25, -0.2) is 0 Å². The number of halogens is 1. The van der Waals surface area contributed by atoms with Gasteiger partial charge in [0.2, 0.25) is 0 Å². The van der Waals surface area contributed by atoms with Crippen LogP contribution >= 0.6 is 11.6 Å². The average molecular weight is 370 g/mol. The second-order valence-electron chi connectivity index (χ2n) is 7.27. The van der Waals surface area contributed by atoms with Crippen molar-refractivity contribution >= 4 is 17.5 Å². The summed E-state index contributed by atoms with van der Waals surface area (Å²) in [5, 5.41) is 3.72. The molecule has 2 aromatic rings. The van der Waals surface area contributed by atoms with E-state index in [9.17, 15) is 4.79 Å². The number of amides is 1. The maximum atomic E-state index is 12.6. The summed E-state index contributed by atoms with van der Waals surface area (Å²) in [6.45, 7) is 1.31. The summed E-state index contributed by atoms with van der Waals surface area (Å²) in [4.78, 5) is 12.6. The molecule has 1 aliphatic heterocycles. The van der Waals surface area contributed by atoms with Crippen molar-refractivity contribution in [2.75, 3.05) is 13.2 Å². The van der Waals surface area contributed by atoms with Crippen LogP contribution in [0.25, 0.3) is 11.1 Å². The molecule has 0 saturated carbocycles. The molecule has 1 N–H and O–H groups in total. The summed E-state index contributed by atoms with van der Waals surface area (Å²) in [5.41, 5.74) is 5.54. The van der Waals surface area contributed by atoms with E-state index in [0.717, 1.165) is 30.4 Å². The van der Waals surface area contributed by atoms with Crippen LogP contribution in [0.1, 0.15) is 47.2 Å². The molecule has 2 aliphatic rings. The highest BCUT2D eigenvalue weighted by Gasteiger charge is 2.19. The molecule has 0 radical (unpaired) electrons. The molecule has 3 nitrogen and oxygen atoms in total. The van der Waals surface area contributed by atoms with Gasteiger partial charge in [0.1, 0.15) is 0 Å². The Morgan fingerprint density at radius 1 is 1.04 bits per heavy atom. The summed E-state index contributed by atoms with van der Waals surface area (Å²) >= 11 is 6.47. The molecule has 1 aliphatic carbocycles. The van der Waals surface area contributed by atoms with E-state index in [1.165, 1.54) is 30.4 Å². The Morgan fingerprint density at radius 2 is 1.88 bits per heavy atom. The third-order valence-electron chi connectivity index (χ3n) is 5.40. The van der Waals surface area contributed by atoms with E-state index in [1.807, 2.05) is 12.1 Å². The van der Waals surface area contributed by atoms with Gasteiger partial charge in [0.05, 0.1) is 12.6 Å². The van der Waals surface area contributed by atoms with Crippen molar-refractivity contribution in [3.63, 3.8) is 0 Å². The molecule has 4 heteroatoms. The van der Waals surface area contributed by atoms with Crippen LogP contribution in [0.2, 0.25) is 5.02 Å². The van der Waals surface area contributed by atoms with E-state index in [4.69, 9.17) is 16.3 Å². The van der Waals surface area contributed by atoms with Gasteiger partial charge in [-0.3, -0.25) is 4.79 Å². The molecule has 4 rings (SSSR count). The van der Waals surface area contributed by atoms with Gasteiger partial charge >= 0.3 is 0 Å². The Balaban J connectivity index is 1.62. The van der Waals surface area contributed by atoms with Crippen molar-refractivity contribution in [2.24, 2.45) is 0 Å². The molecular formula is C22H24ClNO2. The molecule has 26 heavy (non-hydrogen) atoms. The second-order valence-corrected chi connectivity index (χ2v) is 7.68. The minimum atomic E-state index is -0.0619. The summed E-state index contributed by atoms with van der Waals surface area (Å²) in [5.74, 6) is -0.0619. The van der Waals surface area contributed by atoms with E-state index in [1.54, 1.807) is 6.07 Å². The normalized spacial score (nSPS) is 19.7. The van der Waals surface area contributed by atoms with Gasteiger partial charge in [-0.15, -0.1) is 0 Å². The zero-order valence-corrected chi connectivity index (χ0v) is 15.6. The van der Waals surface area contributed by atoms with Crippen LogP contribution < -0.4 is 5.32 Å². The Bertz CT molecular complexity index is 812. The number of carbonyl (C=O) groups excluding carboxylic acids is 1. The summed E-state index contributed by atoms with van der Waals surface area (Å²) in [6, 6.07) is 12.3. The van der Waals surface area contributed by atoms with Gasteiger partial charge in [0.25, 0.3) is 5.91 Å². The third kappa shape index (κ3) is 3.79. The molecule has 1 heterocycles. The minimum Gasteiger partial charge on any atom is -0.379 e. The molecule has 0 spiro atoms. The van der Waals surface area contributed by atoms with Crippen molar-refractivity contribution < 1.29 is 9.53 Å².